The molecule has 0 aliphatic heterocycles. The van der Waals surface area contributed by atoms with Gasteiger partial charge in [-0.1, -0.05) is 246 Å². The van der Waals surface area contributed by atoms with E-state index in [0.29, 0.717) is 52.1 Å². The number of carbonyl (C=O) groups is 4. The SMILES string of the molecule is CCCCCCCCCCCCCCCCCC(=O)N(CCC)C(C(=O)NCCN(C)CCNC(=O)C(C1CCCCC1)N(CCC)C(=O)CCCCCCCCCCCCCCCCC)C1CCCCC1. The molecular weight excluding hydrogens is 891 g/mol. The fourth-order valence-corrected chi connectivity index (χ4v) is 12.1. The van der Waals surface area contributed by atoms with Crippen LogP contribution in [-0.2, 0) is 19.2 Å². The number of nitrogens with one attached hydrogen (secondary N) is 2. The van der Waals surface area contributed by atoms with Crippen molar-refractivity contribution in [1.82, 2.24) is 25.3 Å². The summed E-state index contributed by atoms with van der Waals surface area (Å²) in [4.78, 5) is 62.2. The molecule has 2 rings (SSSR count). The molecule has 9 heteroatoms. The Balaban J connectivity index is 1.79. The Bertz CT molecular complexity index is 1200. The van der Waals surface area contributed by atoms with Gasteiger partial charge in [0.15, 0.2) is 0 Å². The van der Waals surface area contributed by atoms with Gasteiger partial charge in [0.1, 0.15) is 12.1 Å². The number of amides is 4. The maximum absolute atomic E-state index is 14.1. The number of unbranched alkanes of at least 4 members (excludes halogenated alkanes) is 28. The minimum atomic E-state index is -0.400. The van der Waals surface area contributed by atoms with Crippen molar-refractivity contribution < 1.29 is 19.2 Å². The Kier molecular flexibility index (Phi) is 42.3. The van der Waals surface area contributed by atoms with E-state index in [2.05, 4.69) is 43.2 Å². The molecule has 0 saturated heterocycles. The molecule has 2 aliphatic carbocycles. The van der Waals surface area contributed by atoms with Gasteiger partial charge in [0.25, 0.3) is 0 Å². The lowest BCUT2D eigenvalue weighted by atomic mass is 9.82. The van der Waals surface area contributed by atoms with Gasteiger partial charge in [0, 0.05) is 52.1 Å². The van der Waals surface area contributed by atoms with Gasteiger partial charge in [-0.05, 0) is 70.3 Å². The molecule has 4 amide bonds. The zero-order chi connectivity index (χ0) is 52.1. The highest BCUT2D eigenvalue weighted by atomic mass is 16.2. The van der Waals surface area contributed by atoms with E-state index >= 15 is 0 Å². The van der Waals surface area contributed by atoms with E-state index in [1.165, 1.54) is 180 Å². The van der Waals surface area contributed by atoms with Gasteiger partial charge in [-0.25, -0.2) is 0 Å². The van der Waals surface area contributed by atoms with Crippen molar-refractivity contribution in [3.8, 4) is 0 Å². The summed E-state index contributed by atoms with van der Waals surface area (Å²) in [6.07, 6.45) is 52.9. The van der Waals surface area contributed by atoms with Gasteiger partial charge in [-0.3, -0.25) is 19.2 Å². The summed E-state index contributed by atoms with van der Waals surface area (Å²) in [5, 5.41) is 6.54. The molecular formula is C63H121N5O4. The zero-order valence-electron chi connectivity index (χ0n) is 48.6. The first-order valence-electron chi connectivity index (χ1n) is 32.1. The average Bonchev–Trinajstić information content (AvgIpc) is 3.38. The molecule has 2 saturated carbocycles. The van der Waals surface area contributed by atoms with E-state index < -0.39 is 12.1 Å². The summed E-state index contributed by atoms with van der Waals surface area (Å²) in [6.45, 7) is 12.4. The molecule has 0 aromatic heterocycles. The van der Waals surface area contributed by atoms with Crippen LogP contribution in [0.4, 0.5) is 0 Å². The van der Waals surface area contributed by atoms with Crippen molar-refractivity contribution in [1.29, 1.82) is 0 Å². The highest BCUT2D eigenvalue weighted by Gasteiger charge is 2.38. The normalized spacial score (nSPS) is 15.4. The van der Waals surface area contributed by atoms with E-state index in [1.807, 2.05) is 16.8 Å². The van der Waals surface area contributed by atoms with Crippen LogP contribution in [0, 0.1) is 11.8 Å². The molecule has 9 nitrogen and oxygen atoms in total. The van der Waals surface area contributed by atoms with E-state index in [4.69, 9.17) is 0 Å². The van der Waals surface area contributed by atoms with Crippen molar-refractivity contribution >= 4 is 23.6 Å². The van der Waals surface area contributed by atoms with Crippen molar-refractivity contribution in [2.24, 2.45) is 11.8 Å². The number of carbonyl (C=O) groups excluding carboxylic acids is 4. The van der Waals surface area contributed by atoms with Crippen molar-refractivity contribution in [2.75, 3.05) is 46.3 Å². The van der Waals surface area contributed by atoms with E-state index in [-0.39, 0.29) is 35.5 Å². The summed E-state index contributed by atoms with van der Waals surface area (Å²) < 4.78 is 0. The lowest BCUT2D eigenvalue weighted by Gasteiger charge is -2.38. The second-order valence-electron chi connectivity index (χ2n) is 23.1. The largest absolute Gasteiger partial charge is 0.353 e. The summed E-state index contributed by atoms with van der Waals surface area (Å²) in [5.41, 5.74) is 0. The first kappa shape index (κ1) is 66.0. The molecule has 0 radical (unpaired) electrons. The topological polar surface area (TPSA) is 102 Å². The molecule has 2 aliphatic rings. The Labute approximate surface area is 446 Å². The van der Waals surface area contributed by atoms with Gasteiger partial charge in [-0.15, -0.1) is 0 Å². The summed E-state index contributed by atoms with van der Waals surface area (Å²) in [7, 11) is 2.05. The Hall–Kier alpha value is -2.16. The molecule has 422 valence electrons. The second kappa shape index (κ2) is 46.2. The Morgan fingerprint density at radius 2 is 0.625 bits per heavy atom. The molecule has 0 bridgehead atoms. The summed E-state index contributed by atoms with van der Waals surface area (Å²) >= 11 is 0. The van der Waals surface area contributed by atoms with Gasteiger partial charge < -0.3 is 25.3 Å². The first-order valence-corrected chi connectivity index (χ1v) is 32.1. The fraction of sp³-hybridized carbons (Fsp3) is 0.937. The third-order valence-corrected chi connectivity index (χ3v) is 16.5. The lowest BCUT2D eigenvalue weighted by molar-refractivity contribution is -0.143. The molecule has 0 aromatic carbocycles. The van der Waals surface area contributed by atoms with Crippen molar-refractivity contribution in [3.05, 3.63) is 0 Å². The molecule has 2 unspecified atom stereocenters. The van der Waals surface area contributed by atoms with Crippen LogP contribution < -0.4 is 10.6 Å². The van der Waals surface area contributed by atoms with Crippen LogP contribution in [0.2, 0.25) is 0 Å². The quantitative estimate of drug-likeness (QED) is 0.0591. The molecule has 72 heavy (non-hydrogen) atoms. The predicted molar refractivity (Wildman–Crippen MR) is 307 cm³/mol. The number of likely N-dealkylation sites (N-methyl/N-ethyl adjacent to an activating group) is 1. The fourth-order valence-electron chi connectivity index (χ4n) is 12.1. The highest BCUT2D eigenvalue weighted by molar-refractivity contribution is 5.88. The third kappa shape index (κ3) is 31.7. The van der Waals surface area contributed by atoms with Gasteiger partial charge in [0.2, 0.25) is 23.6 Å². The predicted octanol–water partition coefficient (Wildman–Crippen LogP) is 16.0. The van der Waals surface area contributed by atoms with Crippen LogP contribution in [0.3, 0.4) is 0 Å². The Morgan fingerprint density at radius 3 is 0.889 bits per heavy atom. The van der Waals surface area contributed by atoms with Crippen LogP contribution in [0.5, 0.6) is 0 Å². The van der Waals surface area contributed by atoms with Crippen LogP contribution in [0.1, 0.15) is 310 Å². The number of rotatable bonds is 48. The number of nitrogens with zero attached hydrogens (tertiary/aromatic N) is 3. The van der Waals surface area contributed by atoms with Gasteiger partial charge >= 0.3 is 0 Å². The van der Waals surface area contributed by atoms with Crippen LogP contribution in [0.15, 0.2) is 0 Å². The van der Waals surface area contributed by atoms with E-state index in [1.54, 1.807) is 0 Å². The van der Waals surface area contributed by atoms with Gasteiger partial charge in [-0.2, -0.15) is 0 Å². The van der Waals surface area contributed by atoms with Crippen LogP contribution in [0.25, 0.3) is 0 Å². The minimum absolute atomic E-state index is 0.00208. The first-order chi connectivity index (χ1) is 35.3. The molecule has 0 spiro atoms. The summed E-state index contributed by atoms with van der Waals surface area (Å²) in [5.74, 6) is 0.735. The van der Waals surface area contributed by atoms with Crippen molar-refractivity contribution in [3.63, 3.8) is 0 Å². The number of hydrogen-bond acceptors (Lipinski definition) is 5. The Morgan fingerprint density at radius 1 is 0.361 bits per heavy atom. The minimum Gasteiger partial charge on any atom is -0.353 e. The van der Waals surface area contributed by atoms with Crippen LogP contribution in [-0.4, -0.2) is 96.7 Å². The monoisotopic (exact) mass is 1010 g/mol. The number of hydrogen-bond donors (Lipinski definition) is 2. The molecule has 2 atom stereocenters. The zero-order valence-corrected chi connectivity index (χ0v) is 48.6. The standard InChI is InChI=1S/C63H121N5O4/c1-6-10-12-14-16-18-20-22-24-26-28-30-32-34-42-48-58(69)67(52-8-3)60(56-44-38-36-39-45-56)62(71)64-50-54-66(5)55-51-65-63(72)61(57-46-40-37-41-47-57)68(53-9-4)59(70)49-43-35-33-31-29-27-25-23-21-19-17-15-13-11-7-2/h56-57,60-61H,6-55H2,1-5H3,(H,64,71)(H,65,72). The molecule has 2 fully saturated rings. The molecule has 0 aromatic rings. The maximum atomic E-state index is 14.1. The second-order valence-corrected chi connectivity index (χ2v) is 23.1. The van der Waals surface area contributed by atoms with Gasteiger partial charge in [0.05, 0.1) is 0 Å². The average molecular weight is 1010 g/mol. The van der Waals surface area contributed by atoms with E-state index in [9.17, 15) is 19.2 Å². The smallest absolute Gasteiger partial charge is 0.243 e. The highest BCUT2D eigenvalue weighted by Crippen LogP contribution is 2.32. The summed E-state index contributed by atoms with van der Waals surface area (Å²) in [6, 6.07) is -0.799. The molecule has 2 N–H and O–H groups in total. The third-order valence-electron chi connectivity index (χ3n) is 16.5. The maximum Gasteiger partial charge on any atom is 0.243 e. The van der Waals surface area contributed by atoms with E-state index in [0.717, 1.165) is 89.9 Å². The lowest BCUT2D eigenvalue weighted by Crippen LogP contribution is -2.55. The van der Waals surface area contributed by atoms with Crippen LogP contribution >= 0.6 is 0 Å². The molecule has 0 heterocycles. The van der Waals surface area contributed by atoms with Crippen molar-refractivity contribution in [2.45, 2.75) is 322 Å².